The van der Waals surface area contributed by atoms with Crippen LogP contribution < -0.4 is 5.32 Å². The van der Waals surface area contributed by atoms with Gasteiger partial charge < -0.3 is 14.6 Å². The number of hydrogen-bond donors (Lipinski definition) is 1. The summed E-state index contributed by atoms with van der Waals surface area (Å²) in [5.41, 5.74) is 1.24. The molecule has 1 aliphatic heterocycles. The number of hydrogen-bond acceptors (Lipinski definition) is 2. The fourth-order valence-electron chi connectivity index (χ4n) is 2.63. The van der Waals surface area contributed by atoms with Crippen LogP contribution >= 0.6 is 11.6 Å². The van der Waals surface area contributed by atoms with Crippen molar-refractivity contribution in [2.45, 2.75) is 25.5 Å². The van der Waals surface area contributed by atoms with Crippen molar-refractivity contribution in [3.05, 3.63) is 35.5 Å². The molecule has 102 valence electrons. The highest BCUT2D eigenvalue weighted by Crippen LogP contribution is 2.20. The van der Waals surface area contributed by atoms with Crippen molar-refractivity contribution in [3.8, 4) is 0 Å². The van der Waals surface area contributed by atoms with Gasteiger partial charge in [-0.05, 0) is 37.1 Å². The van der Waals surface area contributed by atoms with E-state index >= 15 is 0 Å². The SMILES string of the molecule is Clc1ccc2c(ccn2CCNCC2CCCO2)c1. The molecule has 0 aliphatic carbocycles. The normalized spacial score (nSPS) is 19.3. The first kappa shape index (κ1) is 13.0. The van der Waals surface area contributed by atoms with Crippen LogP contribution in [0.15, 0.2) is 30.5 Å². The molecule has 19 heavy (non-hydrogen) atoms. The van der Waals surface area contributed by atoms with E-state index in [2.05, 4.69) is 28.2 Å². The maximum absolute atomic E-state index is 5.99. The Morgan fingerprint density at radius 3 is 3.16 bits per heavy atom. The molecule has 2 aromatic rings. The fourth-order valence-corrected chi connectivity index (χ4v) is 2.81. The Hall–Kier alpha value is -1.03. The summed E-state index contributed by atoms with van der Waals surface area (Å²) in [5, 5.41) is 5.46. The predicted octanol–water partition coefficient (Wildman–Crippen LogP) is 3.06. The Balaban J connectivity index is 1.53. The molecular weight excluding hydrogens is 260 g/mol. The number of halogens is 1. The van der Waals surface area contributed by atoms with Crippen LogP contribution in [0.4, 0.5) is 0 Å². The van der Waals surface area contributed by atoms with E-state index in [4.69, 9.17) is 16.3 Å². The molecule has 1 N–H and O–H groups in total. The molecule has 3 rings (SSSR count). The van der Waals surface area contributed by atoms with E-state index in [1.54, 1.807) is 0 Å². The van der Waals surface area contributed by atoms with E-state index in [0.29, 0.717) is 6.10 Å². The van der Waals surface area contributed by atoms with E-state index in [0.717, 1.165) is 31.3 Å². The van der Waals surface area contributed by atoms with Crippen molar-refractivity contribution in [1.82, 2.24) is 9.88 Å². The third-order valence-electron chi connectivity index (χ3n) is 3.66. The highest BCUT2D eigenvalue weighted by Gasteiger charge is 2.14. The van der Waals surface area contributed by atoms with Crippen molar-refractivity contribution in [3.63, 3.8) is 0 Å². The van der Waals surface area contributed by atoms with Gasteiger partial charge in [0.15, 0.2) is 0 Å². The quantitative estimate of drug-likeness (QED) is 0.851. The maximum atomic E-state index is 5.99. The van der Waals surface area contributed by atoms with Gasteiger partial charge in [0.2, 0.25) is 0 Å². The standard InChI is InChI=1S/C15H19ClN2O/c16-13-3-4-15-12(10-13)5-7-18(15)8-6-17-11-14-2-1-9-19-14/h3-5,7,10,14,17H,1-2,6,8-9,11H2. The lowest BCUT2D eigenvalue weighted by Gasteiger charge is -2.11. The number of ether oxygens (including phenoxy) is 1. The van der Waals surface area contributed by atoms with E-state index in [1.807, 2.05) is 12.1 Å². The fraction of sp³-hybridized carbons (Fsp3) is 0.467. The van der Waals surface area contributed by atoms with Crippen LogP contribution in [0.5, 0.6) is 0 Å². The van der Waals surface area contributed by atoms with E-state index in [1.165, 1.54) is 23.7 Å². The Morgan fingerprint density at radius 1 is 1.37 bits per heavy atom. The lowest BCUT2D eigenvalue weighted by molar-refractivity contribution is 0.110. The highest BCUT2D eigenvalue weighted by molar-refractivity contribution is 6.31. The first-order chi connectivity index (χ1) is 9.33. The molecule has 0 saturated carbocycles. The summed E-state index contributed by atoms with van der Waals surface area (Å²) >= 11 is 5.99. The number of rotatable bonds is 5. The average molecular weight is 279 g/mol. The van der Waals surface area contributed by atoms with Crippen molar-refractivity contribution >= 4 is 22.5 Å². The van der Waals surface area contributed by atoms with Gasteiger partial charge in [-0.25, -0.2) is 0 Å². The summed E-state index contributed by atoms with van der Waals surface area (Å²) in [4.78, 5) is 0. The van der Waals surface area contributed by atoms with Gasteiger partial charge in [0, 0.05) is 48.4 Å². The molecule has 1 aromatic carbocycles. The Kier molecular flexibility index (Phi) is 4.06. The molecular formula is C15H19ClN2O. The minimum Gasteiger partial charge on any atom is -0.377 e. The van der Waals surface area contributed by atoms with Crippen molar-refractivity contribution < 1.29 is 4.74 Å². The van der Waals surface area contributed by atoms with Crippen LogP contribution in [-0.2, 0) is 11.3 Å². The second-order valence-electron chi connectivity index (χ2n) is 5.05. The topological polar surface area (TPSA) is 26.2 Å². The minimum atomic E-state index is 0.417. The molecule has 1 aliphatic rings. The average Bonchev–Trinajstić information content (AvgIpc) is 3.03. The van der Waals surface area contributed by atoms with Gasteiger partial charge in [0.1, 0.15) is 0 Å². The zero-order valence-electron chi connectivity index (χ0n) is 10.9. The van der Waals surface area contributed by atoms with E-state index in [-0.39, 0.29) is 0 Å². The highest BCUT2D eigenvalue weighted by atomic mass is 35.5. The number of aromatic nitrogens is 1. The number of nitrogens with one attached hydrogen (secondary N) is 1. The lowest BCUT2D eigenvalue weighted by Crippen LogP contribution is -2.28. The van der Waals surface area contributed by atoms with Gasteiger partial charge in [-0.15, -0.1) is 0 Å². The van der Waals surface area contributed by atoms with Crippen LogP contribution in [0.25, 0.3) is 10.9 Å². The molecule has 3 nitrogen and oxygen atoms in total. The smallest absolute Gasteiger partial charge is 0.0700 e. The van der Waals surface area contributed by atoms with Gasteiger partial charge in [0.05, 0.1) is 6.10 Å². The first-order valence-corrected chi connectivity index (χ1v) is 7.27. The molecule has 1 fully saturated rings. The second kappa shape index (κ2) is 5.95. The second-order valence-corrected chi connectivity index (χ2v) is 5.49. The molecule has 2 heterocycles. The van der Waals surface area contributed by atoms with Gasteiger partial charge in [-0.3, -0.25) is 0 Å². The van der Waals surface area contributed by atoms with Gasteiger partial charge in [-0.2, -0.15) is 0 Å². The molecule has 4 heteroatoms. The van der Waals surface area contributed by atoms with Crippen LogP contribution in [0, 0.1) is 0 Å². The first-order valence-electron chi connectivity index (χ1n) is 6.90. The Bertz CT molecular complexity index is 546. The van der Waals surface area contributed by atoms with Crippen molar-refractivity contribution in [2.24, 2.45) is 0 Å². The lowest BCUT2D eigenvalue weighted by atomic mass is 10.2. The molecule has 1 aromatic heterocycles. The summed E-state index contributed by atoms with van der Waals surface area (Å²) < 4.78 is 7.85. The minimum absolute atomic E-state index is 0.417. The van der Waals surface area contributed by atoms with Crippen LogP contribution in [0.3, 0.4) is 0 Å². The van der Waals surface area contributed by atoms with Crippen LogP contribution in [0.1, 0.15) is 12.8 Å². The molecule has 0 spiro atoms. The zero-order valence-corrected chi connectivity index (χ0v) is 11.7. The number of benzene rings is 1. The molecule has 0 bridgehead atoms. The van der Waals surface area contributed by atoms with E-state index in [9.17, 15) is 0 Å². The maximum Gasteiger partial charge on any atom is 0.0700 e. The summed E-state index contributed by atoms with van der Waals surface area (Å²) in [6, 6.07) is 8.15. The zero-order chi connectivity index (χ0) is 13.1. The monoisotopic (exact) mass is 278 g/mol. The third kappa shape index (κ3) is 3.11. The number of fused-ring (bicyclic) bond motifs is 1. The molecule has 1 saturated heterocycles. The van der Waals surface area contributed by atoms with Crippen molar-refractivity contribution in [1.29, 1.82) is 0 Å². The van der Waals surface area contributed by atoms with Gasteiger partial charge in [0.25, 0.3) is 0 Å². The van der Waals surface area contributed by atoms with Crippen molar-refractivity contribution in [2.75, 3.05) is 19.7 Å². The van der Waals surface area contributed by atoms with Gasteiger partial charge in [-0.1, -0.05) is 11.6 Å². The number of nitrogens with zero attached hydrogens (tertiary/aromatic N) is 1. The summed E-state index contributed by atoms with van der Waals surface area (Å²) in [5.74, 6) is 0. The molecule has 0 amide bonds. The summed E-state index contributed by atoms with van der Waals surface area (Å²) in [7, 11) is 0. The molecule has 1 atom stereocenters. The predicted molar refractivity (Wildman–Crippen MR) is 78.8 cm³/mol. The van der Waals surface area contributed by atoms with Crippen LogP contribution in [0.2, 0.25) is 5.02 Å². The van der Waals surface area contributed by atoms with Crippen LogP contribution in [-0.4, -0.2) is 30.4 Å². The summed E-state index contributed by atoms with van der Waals surface area (Å²) in [6.45, 7) is 3.82. The largest absolute Gasteiger partial charge is 0.377 e. The van der Waals surface area contributed by atoms with E-state index < -0.39 is 0 Å². The molecule has 1 unspecified atom stereocenters. The third-order valence-corrected chi connectivity index (χ3v) is 3.89. The Morgan fingerprint density at radius 2 is 2.32 bits per heavy atom. The summed E-state index contributed by atoms with van der Waals surface area (Å²) in [6.07, 6.45) is 4.93. The Labute approximate surface area is 118 Å². The van der Waals surface area contributed by atoms with Gasteiger partial charge >= 0.3 is 0 Å². The molecule has 0 radical (unpaired) electrons.